The SMILES string of the molecule is Cc1ccc(F)c(C(=O)NCc2nn[nH]n2)c1F. The van der Waals surface area contributed by atoms with E-state index in [0.29, 0.717) is 0 Å². The molecule has 0 aliphatic carbocycles. The number of H-pyrrole nitrogens is 1. The third-order valence-electron chi connectivity index (χ3n) is 2.31. The number of carbonyl (C=O) groups excluding carboxylic acids is 1. The molecule has 18 heavy (non-hydrogen) atoms. The van der Waals surface area contributed by atoms with Gasteiger partial charge in [0.1, 0.15) is 17.2 Å². The van der Waals surface area contributed by atoms with Crippen molar-refractivity contribution in [1.82, 2.24) is 25.9 Å². The Labute approximate surface area is 100 Å². The highest BCUT2D eigenvalue weighted by atomic mass is 19.1. The van der Waals surface area contributed by atoms with E-state index in [4.69, 9.17) is 0 Å². The number of nitrogens with one attached hydrogen (secondary N) is 2. The number of halogens is 2. The summed E-state index contributed by atoms with van der Waals surface area (Å²) >= 11 is 0. The summed E-state index contributed by atoms with van der Waals surface area (Å²) in [6.07, 6.45) is 0. The largest absolute Gasteiger partial charge is 0.344 e. The van der Waals surface area contributed by atoms with Gasteiger partial charge in [-0.3, -0.25) is 4.79 Å². The van der Waals surface area contributed by atoms with Gasteiger partial charge in [-0.1, -0.05) is 11.3 Å². The molecule has 6 nitrogen and oxygen atoms in total. The van der Waals surface area contributed by atoms with Gasteiger partial charge in [0.25, 0.3) is 5.91 Å². The lowest BCUT2D eigenvalue weighted by Gasteiger charge is -2.07. The standard InChI is InChI=1S/C10H9F2N5O/c1-5-2-3-6(11)8(9(5)12)10(18)13-4-7-14-16-17-15-7/h2-3H,4H2,1H3,(H,13,18)(H,14,15,16,17). The van der Waals surface area contributed by atoms with Crippen LogP contribution in [0.15, 0.2) is 12.1 Å². The predicted molar refractivity (Wildman–Crippen MR) is 56.4 cm³/mol. The topological polar surface area (TPSA) is 83.6 Å². The molecule has 0 spiro atoms. The van der Waals surface area contributed by atoms with Crippen LogP contribution in [0, 0.1) is 18.6 Å². The Morgan fingerprint density at radius 1 is 1.44 bits per heavy atom. The third kappa shape index (κ3) is 2.31. The van der Waals surface area contributed by atoms with E-state index in [-0.39, 0.29) is 17.9 Å². The van der Waals surface area contributed by atoms with Gasteiger partial charge in [0.15, 0.2) is 5.82 Å². The van der Waals surface area contributed by atoms with E-state index in [1.165, 1.54) is 13.0 Å². The van der Waals surface area contributed by atoms with Crippen LogP contribution in [0.3, 0.4) is 0 Å². The third-order valence-corrected chi connectivity index (χ3v) is 2.31. The van der Waals surface area contributed by atoms with Crippen molar-refractivity contribution in [3.8, 4) is 0 Å². The Bertz CT molecular complexity index is 570. The molecule has 2 N–H and O–H groups in total. The number of carbonyl (C=O) groups is 1. The van der Waals surface area contributed by atoms with Crippen LogP contribution in [0.25, 0.3) is 0 Å². The van der Waals surface area contributed by atoms with Crippen molar-refractivity contribution in [2.75, 3.05) is 0 Å². The molecule has 0 saturated heterocycles. The van der Waals surface area contributed by atoms with E-state index >= 15 is 0 Å². The van der Waals surface area contributed by atoms with Crippen molar-refractivity contribution in [3.05, 3.63) is 40.7 Å². The van der Waals surface area contributed by atoms with Gasteiger partial charge in [-0.15, -0.1) is 10.2 Å². The normalized spacial score (nSPS) is 10.4. The van der Waals surface area contributed by atoms with Gasteiger partial charge >= 0.3 is 0 Å². The van der Waals surface area contributed by atoms with Crippen LogP contribution in [0.2, 0.25) is 0 Å². The number of aryl methyl sites for hydroxylation is 1. The summed E-state index contributed by atoms with van der Waals surface area (Å²) in [5, 5.41) is 15.0. The highest BCUT2D eigenvalue weighted by Crippen LogP contribution is 2.16. The fourth-order valence-electron chi connectivity index (χ4n) is 1.37. The minimum atomic E-state index is -0.913. The second kappa shape index (κ2) is 4.86. The maximum atomic E-state index is 13.6. The highest BCUT2D eigenvalue weighted by Gasteiger charge is 2.19. The smallest absolute Gasteiger partial charge is 0.257 e. The minimum Gasteiger partial charge on any atom is -0.344 e. The highest BCUT2D eigenvalue weighted by molar-refractivity contribution is 5.94. The summed E-state index contributed by atoms with van der Waals surface area (Å²) in [6, 6.07) is 2.31. The number of aromatic amines is 1. The average molecular weight is 253 g/mol. The fourth-order valence-corrected chi connectivity index (χ4v) is 1.37. The van der Waals surface area contributed by atoms with Crippen LogP contribution >= 0.6 is 0 Å². The van der Waals surface area contributed by atoms with Gasteiger partial charge in [0.05, 0.1) is 6.54 Å². The number of aromatic nitrogens is 4. The van der Waals surface area contributed by atoms with Gasteiger partial charge < -0.3 is 5.32 Å². The molecule has 8 heteroatoms. The summed E-state index contributed by atoms with van der Waals surface area (Å²) in [5.41, 5.74) is -0.417. The fraction of sp³-hybridized carbons (Fsp3) is 0.200. The molecule has 94 valence electrons. The average Bonchev–Trinajstić information content (AvgIpc) is 2.85. The molecule has 1 aromatic heterocycles. The Hall–Kier alpha value is -2.38. The molecule has 1 heterocycles. The zero-order chi connectivity index (χ0) is 13.1. The second-order valence-electron chi connectivity index (χ2n) is 3.56. The molecule has 0 aliphatic heterocycles. The minimum absolute atomic E-state index is 0.0673. The van der Waals surface area contributed by atoms with Gasteiger partial charge in [-0.2, -0.15) is 5.21 Å². The Balaban J connectivity index is 2.16. The molecule has 0 aliphatic rings. The molecule has 0 radical (unpaired) electrons. The molecule has 0 bridgehead atoms. The predicted octanol–water partition coefficient (Wildman–Crippen LogP) is 0.716. The number of nitrogens with zero attached hydrogens (tertiary/aromatic N) is 3. The zero-order valence-electron chi connectivity index (χ0n) is 9.37. The summed E-state index contributed by atoms with van der Waals surface area (Å²) in [6.45, 7) is 1.38. The first-order valence-electron chi connectivity index (χ1n) is 5.04. The van der Waals surface area contributed by atoms with Crippen LogP contribution < -0.4 is 5.32 Å². The monoisotopic (exact) mass is 253 g/mol. The molecule has 0 atom stereocenters. The Morgan fingerprint density at radius 2 is 2.22 bits per heavy atom. The molecule has 0 unspecified atom stereocenters. The van der Waals surface area contributed by atoms with Crippen molar-refractivity contribution >= 4 is 5.91 Å². The van der Waals surface area contributed by atoms with Gasteiger partial charge in [-0.05, 0) is 18.6 Å². The van der Waals surface area contributed by atoms with Gasteiger partial charge in [0, 0.05) is 0 Å². The summed E-state index contributed by atoms with van der Waals surface area (Å²) in [4.78, 5) is 11.7. The van der Waals surface area contributed by atoms with Gasteiger partial charge in [-0.25, -0.2) is 8.78 Å². The van der Waals surface area contributed by atoms with Crippen molar-refractivity contribution in [2.24, 2.45) is 0 Å². The van der Waals surface area contributed by atoms with E-state index in [0.717, 1.165) is 6.07 Å². The number of hydrogen-bond acceptors (Lipinski definition) is 4. The van der Waals surface area contributed by atoms with Crippen LogP contribution in [0.4, 0.5) is 8.78 Å². The van der Waals surface area contributed by atoms with E-state index in [1.54, 1.807) is 0 Å². The maximum absolute atomic E-state index is 13.6. The van der Waals surface area contributed by atoms with Crippen molar-refractivity contribution < 1.29 is 13.6 Å². The summed E-state index contributed by atoms with van der Waals surface area (Å²) < 4.78 is 27.0. The number of rotatable bonds is 3. The molecule has 2 aromatic rings. The molecular weight excluding hydrogens is 244 g/mol. The molecule has 1 aromatic carbocycles. The van der Waals surface area contributed by atoms with E-state index < -0.39 is 23.1 Å². The van der Waals surface area contributed by atoms with E-state index in [9.17, 15) is 13.6 Å². The maximum Gasteiger partial charge on any atom is 0.257 e. The summed E-state index contributed by atoms with van der Waals surface area (Å²) in [7, 11) is 0. The number of tetrazole rings is 1. The number of hydrogen-bond donors (Lipinski definition) is 2. The lowest BCUT2D eigenvalue weighted by atomic mass is 10.1. The number of benzene rings is 1. The van der Waals surface area contributed by atoms with Crippen LogP contribution in [-0.4, -0.2) is 26.5 Å². The molecule has 0 fully saturated rings. The van der Waals surface area contributed by atoms with Crippen LogP contribution in [0.5, 0.6) is 0 Å². The van der Waals surface area contributed by atoms with Crippen LogP contribution in [-0.2, 0) is 6.54 Å². The quantitative estimate of drug-likeness (QED) is 0.844. The van der Waals surface area contributed by atoms with E-state index in [1.807, 2.05) is 0 Å². The number of amides is 1. The molecule has 0 saturated carbocycles. The first-order chi connectivity index (χ1) is 8.59. The lowest BCUT2D eigenvalue weighted by Crippen LogP contribution is -2.26. The zero-order valence-corrected chi connectivity index (χ0v) is 9.37. The molecule has 2 rings (SSSR count). The first kappa shape index (κ1) is 12.1. The van der Waals surface area contributed by atoms with E-state index in [2.05, 4.69) is 25.9 Å². The summed E-state index contributed by atoms with van der Waals surface area (Å²) in [5.74, 6) is -2.43. The van der Waals surface area contributed by atoms with Crippen molar-refractivity contribution in [3.63, 3.8) is 0 Å². The van der Waals surface area contributed by atoms with Crippen molar-refractivity contribution in [1.29, 1.82) is 0 Å². The van der Waals surface area contributed by atoms with Gasteiger partial charge in [0.2, 0.25) is 0 Å². The Kier molecular flexibility index (Phi) is 3.26. The molecular formula is C10H9F2N5O. The van der Waals surface area contributed by atoms with Crippen molar-refractivity contribution in [2.45, 2.75) is 13.5 Å². The second-order valence-corrected chi connectivity index (χ2v) is 3.56. The van der Waals surface area contributed by atoms with Crippen LogP contribution in [0.1, 0.15) is 21.7 Å². The Morgan fingerprint density at radius 3 is 2.89 bits per heavy atom. The molecule has 1 amide bonds. The lowest BCUT2D eigenvalue weighted by molar-refractivity contribution is 0.0941. The first-order valence-corrected chi connectivity index (χ1v) is 5.04.